The molecule has 1 aliphatic heterocycles. The molecule has 0 saturated carbocycles. The van der Waals surface area contributed by atoms with Crippen molar-refractivity contribution < 1.29 is 4.79 Å². The lowest BCUT2D eigenvalue weighted by molar-refractivity contribution is -0.119. The topological polar surface area (TPSA) is 53.7 Å². The number of pyridine rings is 1. The number of hydrogen-bond donors (Lipinski definition) is 0. The SMILES string of the molecule is C=CCN(C(=O)CN1CCC(c2nnc3ccccn23)CC1)c1ccccc1. The van der Waals surface area contributed by atoms with Gasteiger partial charge in [0.05, 0.1) is 6.54 Å². The predicted molar refractivity (Wildman–Crippen MR) is 110 cm³/mol. The zero-order valence-corrected chi connectivity index (χ0v) is 15.9. The maximum Gasteiger partial charge on any atom is 0.241 e. The highest BCUT2D eigenvalue weighted by Crippen LogP contribution is 2.27. The summed E-state index contributed by atoms with van der Waals surface area (Å²) in [5.41, 5.74) is 1.80. The largest absolute Gasteiger partial charge is 0.308 e. The summed E-state index contributed by atoms with van der Waals surface area (Å²) in [6, 6.07) is 15.7. The molecule has 1 aromatic carbocycles. The molecule has 1 amide bonds. The van der Waals surface area contributed by atoms with Crippen LogP contribution >= 0.6 is 0 Å². The van der Waals surface area contributed by atoms with E-state index in [0.29, 0.717) is 19.0 Å². The summed E-state index contributed by atoms with van der Waals surface area (Å²) in [5.74, 6) is 1.51. The first kappa shape index (κ1) is 18.4. The number of hydrogen-bond acceptors (Lipinski definition) is 4. The molecule has 6 nitrogen and oxygen atoms in total. The van der Waals surface area contributed by atoms with E-state index >= 15 is 0 Å². The number of rotatable bonds is 6. The molecule has 28 heavy (non-hydrogen) atoms. The van der Waals surface area contributed by atoms with Crippen LogP contribution in [-0.4, -0.2) is 51.6 Å². The van der Waals surface area contributed by atoms with Crippen LogP contribution in [0.3, 0.4) is 0 Å². The fourth-order valence-corrected chi connectivity index (χ4v) is 3.85. The number of carbonyl (C=O) groups is 1. The minimum atomic E-state index is 0.109. The zero-order valence-electron chi connectivity index (χ0n) is 15.9. The average Bonchev–Trinajstić information content (AvgIpc) is 3.17. The molecule has 1 aliphatic rings. The van der Waals surface area contributed by atoms with Crippen molar-refractivity contribution in [3.05, 3.63) is 73.2 Å². The third-order valence-corrected chi connectivity index (χ3v) is 5.33. The molecule has 144 valence electrons. The van der Waals surface area contributed by atoms with Gasteiger partial charge >= 0.3 is 0 Å². The molecule has 0 unspecified atom stereocenters. The first-order valence-electron chi connectivity index (χ1n) is 9.74. The first-order valence-corrected chi connectivity index (χ1v) is 9.74. The lowest BCUT2D eigenvalue weighted by Crippen LogP contribution is -2.43. The summed E-state index contributed by atoms with van der Waals surface area (Å²) in [6.45, 7) is 6.51. The van der Waals surface area contributed by atoms with Gasteiger partial charge < -0.3 is 4.90 Å². The highest BCUT2D eigenvalue weighted by atomic mass is 16.2. The first-order chi connectivity index (χ1) is 13.8. The number of benzene rings is 1. The number of piperidine rings is 1. The van der Waals surface area contributed by atoms with Gasteiger partial charge in [0.1, 0.15) is 5.82 Å². The second kappa shape index (κ2) is 8.35. The number of fused-ring (bicyclic) bond motifs is 1. The van der Waals surface area contributed by atoms with E-state index in [1.54, 1.807) is 11.0 Å². The van der Waals surface area contributed by atoms with Gasteiger partial charge in [-0.05, 0) is 50.2 Å². The Morgan fingerprint density at radius 1 is 1.11 bits per heavy atom. The van der Waals surface area contributed by atoms with E-state index < -0.39 is 0 Å². The van der Waals surface area contributed by atoms with Crippen molar-refractivity contribution in [1.29, 1.82) is 0 Å². The summed E-state index contributed by atoms with van der Waals surface area (Å²) >= 11 is 0. The maximum atomic E-state index is 12.9. The molecule has 4 rings (SSSR count). The molecular formula is C22H25N5O. The minimum absolute atomic E-state index is 0.109. The fourth-order valence-electron chi connectivity index (χ4n) is 3.85. The number of nitrogens with zero attached hydrogens (tertiary/aromatic N) is 5. The Hall–Kier alpha value is -2.99. The average molecular weight is 375 g/mol. The van der Waals surface area contributed by atoms with Gasteiger partial charge in [-0.3, -0.25) is 14.1 Å². The zero-order chi connectivity index (χ0) is 19.3. The van der Waals surface area contributed by atoms with Crippen LogP contribution in [0.1, 0.15) is 24.6 Å². The summed E-state index contributed by atoms with van der Waals surface area (Å²) in [5, 5.41) is 8.67. The van der Waals surface area contributed by atoms with Gasteiger partial charge in [0, 0.05) is 24.3 Å². The Labute approximate surface area is 165 Å². The van der Waals surface area contributed by atoms with Crippen LogP contribution in [0.4, 0.5) is 5.69 Å². The van der Waals surface area contributed by atoms with Crippen molar-refractivity contribution in [3.63, 3.8) is 0 Å². The van der Waals surface area contributed by atoms with E-state index in [4.69, 9.17) is 0 Å². The number of anilines is 1. The Morgan fingerprint density at radius 3 is 2.61 bits per heavy atom. The third-order valence-electron chi connectivity index (χ3n) is 5.33. The van der Waals surface area contributed by atoms with Crippen molar-refractivity contribution in [2.45, 2.75) is 18.8 Å². The van der Waals surface area contributed by atoms with Crippen molar-refractivity contribution >= 4 is 17.2 Å². The number of para-hydroxylation sites is 1. The Bertz CT molecular complexity index is 944. The molecule has 6 heteroatoms. The van der Waals surface area contributed by atoms with Crippen LogP contribution < -0.4 is 4.90 Å². The molecular weight excluding hydrogens is 350 g/mol. The van der Waals surface area contributed by atoms with Crippen LogP contribution in [0.5, 0.6) is 0 Å². The van der Waals surface area contributed by atoms with Gasteiger partial charge in [-0.25, -0.2) is 0 Å². The molecule has 0 aliphatic carbocycles. The molecule has 0 radical (unpaired) electrons. The van der Waals surface area contributed by atoms with Gasteiger partial charge in [0.15, 0.2) is 5.65 Å². The highest BCUT2D eigenvalue weighted by molar-refractivity contribution is 5.95. The molecule has 3 heterocycles. The molecule has 3 aromatic rings. The lowest BCUT2D eigenvalue weighted by atomic mass is 9.96. The third kappa shape index (κ3) is 3.82. The van der Waals surface area contributed by atoms with Crippen LogP contribution in [0.15, 0.2) is 67.4 Å². The van der Waals surface area contributed by atoms with E-state index in [9.17, 15) is 4.79 Å². The molecule has 0 atom stereocenters. The van der Waals surface area contributed by atoms with Crippen LogP contribution in [0, 0.1) is 0 Å². The van der Waals surface area contributed by atoms with Crippen molar-refractivity contribution in [2.24, 2.45) is 0 Å². The summed E-state index contributed by atoms with van der Waals surface area (Å²) in [7, 11) is 0. The predicted octanol–water partition coefficient (Wildman–Crippen LogP) is 3.13. The standard InChI is InChI=1S/C22H25N5O/c1-2-13-26(19-8-4-3-5-9-19)21(28)17-25-15-11-18(12-16-25)22-24-23-20-10-6-7-14-27(20)22/h2-10,14,18H,1,11-13,15-17H2. The molecule has 1 fully saturated rings. The molecule has 0 bridgehead atoms. The van der Waals surface area contributed by atoms with Crippen LogP contribution in [0.25, 0.3) is 5.65 Å². The Morgan fingerprint density at radius 2 is 1.86 bits per heavy atom. The van der Waals surface area contributed by atoms with E-state index in [1.165, 1.54) is 0 Å². The van der Waals surface area contributed by atoms with Crippen LogP contribution in [-0.2, 0) is 4.79 Å². The smallest absolute Gasteiger partial charge is 0.241 e. The second-order valence-corrected chi connectivity index (χ2v) is 7.17. The highest BCUT2D eigenvalue weighted by Gasteiger charge is 2.26. The van der Waals surface area contributed by atoms with Gasteiger partial charge in [-0.1, -0.05) is 30.3 Å². The number of likely N-dealkylation sites (tertiary alicyclic amines) is 1. The van der Waals surface area contributed by atoms with Crippen LogP contribution in [0.2, 0.25) is 0 Å². The quantitative estimate of drug-likeness (QED) is 0.621. The maximum absolute atomic E-state index is 12.9. The minimum Gasteiger partial charge on any atom is -0.308 e. The summed E-state index contributed by atoms with van der Waals surface area (Å²) in [6.07, 6.45) is 5.76. The van der Waals surface area contributed by atoms with E-state index in [0.717, 1.165) is 43.1 Å². The van der Waals surface area contributed by atoms with E-state index in [1.807, 2.05) is 54.7 Å². The van der Waals surface area contributed by atoms with Crippen molar-refractivity contribution in [2.75, 3.05) is 31.1 Å². The van der Waals surface area contributed by atoms with Gasteiger partial charge in [-0.2, -0.15) is 0 Å². The molecule has 0 N–H and O–H groups in total. The van der Waals surface area contributed by atoms with Crippen molar-refractivity contribution in [3.8, 4) is 0 Å². The Kier molecular flexibility index (Phi) is 5.48. The number of carbonyl (C=O) groups excluding carboxylic acids is 1. The second-order valence-electron chi connectivity index (χ2n) is 7.17. The van der Waals surface area contributed by atoms with Gasteiger partial charge in [0.25, 0.3) is 0 Å². The number of aromatic nitrogens is 3. The summed E-state index contributed by atoms with van der Waals surface area (Å²) < 4.78 is 2.08. The molecule has 1 saturated heterocycles. The molecule has 2 aromatic heterocycles. The summed E-state index contributed by atoms with van der Waals surface area (Å²) in [4.78, 5) is 16.9. The van der Waals surface area contributed by atoms with E-state index in [-0.39, 0.29) is 5.91 Å². The molecule has 0 spiro atoms. The normalized spacial score (nSPS) is 15.6. The van der Waals surface area contributed by atoms with Gasteiger partial charge in [-0.15, -0.1) is 16.8 Å². The van der Waals surface area contributed by atoms with Crippen molar-refractivity contribution in [1.82, 2.24) is 19.5 Å². The van der Waals surface area contributed by atoms with E-state index in [2.05, 4.69) is 26.1 Å². The lowest BCUT2D eigenvalue weighted by Gasteiger charge is -2.32. The monoisotopic (exact) mass is 375 g/mol. The van der Waals surface area contributed by atoms with Gasteiger partial charge in [0.2, 0.25) is 5.91 Å². The fraction of sp³-hybridized carbons (Fsp3) is 0.318. The number of amides is 1. The Balaban J connectivity index is 1.38.